The number of aliphatic carboxylic acids is 1. The average Bonchev–Trinajstić information content (AvgIpc) is 2.16. The summed E-state index contributed by atoms with van der Waals surface area (Å²) in [5.41, 5.74) is 0.655. The fourth-order valence-electron chi connectivity index (χ4n) is 0.965. The number of ether oxygens (including phenoxy) is 1. The van der Waals surface area contributed by atoms with E-state index < -0.39 is 5.97 Å². The third-order valence-corrected chi connectivity index (χ3v) is 1.62. The van der Waals surface area contributed by atoms with E-state index in [9.17, 15) is 9.90 Å². The van der Waals surface area contributed by atoms with Gasteiger partial charge in [-0.25, -0.2) is 4.79 Å². The number of phenols is 1. The molecule has 0 bridgehead atoms. The summed E-state index contributed by atoms with van der Waals surface area (Å²) in [5, 5.41) is 17.6. The summed E-state index contributed by atoms with van der Waals surface area (Å²) < 4.78 is 4.86. The largest absolute Gasteiger partial charge is 0.504 e. The fourth-order valence-corrected chi connectivity index (χ4v) is 0.965. The minimum absolute atomic E-state index is 0. The molecule has 0 atom stereocenters. The van der Waals surface area contributed by atoms with Crippen LogP contribution in [0.1, 0.15) is 5.56 Å². The molecule has 1 aromatic rings. The van der Waals surface area contributed by atoms with Gasteiger partial charge in [0.25, 0.3) is 0 Å². The van der Waals surface area contributed by atoms with Gasteiger partial charge in [-0.3, -0.25) is 0 Å². The van der Waals surface area contributed by atoms with E-state index in [1.165, 1.54) is 19.3 Å². The zero-order valence-electron chi connectivity index (χ0n) is 8.30. The van der Waals surface area contributed by atoms with Gasteiger partial charge in [-0.15, -0.1) is 0 Å². The summed E-state index contributed by atoms with van der Waals surface area (Å²) >= 11 is 0. The summed E-state index contributed by atoms with van der Waals surface area (Å²) in [4.78, 5) is 10.2. The van der Waals surface area contributed by atoms with Crippen molar-refractivity contribution >= 4 is 12.0 Å². The maximum atomic E-state index is 10.2. The average molecular weight is 260 g/mol. The van der Waals surface area contributed by atoms with Crippen molar-refractivity contribution in [2.24, 2.45) is 0 Å². The number of carboxylic acid groups (broad SMARTS) is 1. The van der Waals surface area contributed by atoms with Crippen LogP contribution in [-0.2, 0) is 24.3 Å². The third kappa shape index (κ3) is 4.13. The smallest absolute Gasteiger partial charge is 0.328 e. The van der Waals surface area contributed by atoms with Crippen molar-refractivity contribution in [1.29, 1.82) is 0 Å². The normalized spacial score (nSPS) is 9.67. The van der Waals surface area contributed by atoms with Gasteiger partial charge >= 0.3 is 5.97 Å². The molecule has 5 heteroatoms. The topological polar surface area (TPSA) is 66.8 Å². The summed E-state index contributed by atoms with van der Waals surface area (Å²) in [6.07, 6.45) is 2.44. The Morgan fingerprint density at radius 1 is 1.47 bits per heavy atom. The Bertz CT molecular complexity index is 374. The number of rotatable bonds is 3. The van der Waals surface area contributed by atoms with Crippen molar-refractivity contribution < 1.29 is 39.2 Å². The standard InChI is InChI=1S/C10H10O4.Zn/c1-14-9-6-7(2-4-8(9)11)3-5-10(12)13;/h2-6,11H,1H3,(H,12,13);. The molecule has 1 rings (SSSR count). The van der Waals surface area contributed by atoms with Gasteiger partial charge in [-0.05, 0) is 23.8 Å². The molecule has 0 fully saturated rings. The molecule has 0 aliphatic rings. The second kappa shape index (κ2) is 6.20. The van der Waals surface area contributed by atoms with Gasteiger partial charge in [-0.1, -0.05) is 6.07 Å². The number of carbonyl (C=O) groups is 1. The second-order valence-electron chi connectivity index (χ2n) is 2.60. The van der Waals surface area contributed by atoms with Crippen LogP contribution in [0.5, 0.6) is 11.5 Å². The molecule has 0 unspecified atom stereocenters. The van der Waals surface area contributed by atoms with Crippen LogP contribution in [0.3, 0.4) is 0 Å². The van der Waals surface area contributed by atoms with Gasteiger partial charge in [0.1, 0.15) is 0 Å². The summed E-state index contributed by atoms with van der Waals surface area (Å²) in [5.74, 6) is -0.672. The molecule has 76 valence electrons. The molecule has 0 saturated heterocycles. The Morgan fingerprint density at radius 3 is 2.67 bits per heavy atom. The van der Waals surface area contributed by atoms with E-state index >= 15 is 0 Å². The molecule has 0 aromatic heterocycles. The maximum Gasteiger partial charge on any atom is 0.328 e. The number of methoxy groups -OCH3 is 1. The summed E-state index contributed by atoms with van der Waals surface area (Å²) in [6, 6.07) is 4.59. The Morgan fingerprint density at radius 2 is 2.13 bits per heavy atom. The number of aromatic hydroxyl groups is 1. The van der Waals surface area contributed by atoms with Crippen LogP contribution < -0.4 is 4.74 Å². The first-order valence-corrected chi connectivity index (χ1v) is 3.91. The molecule has 1 aromatic carbocycles. The van der Waals surface area contributed by atoms with Gasteiger partial charge in [0.05, 0.1) is 7.11 Å². The zero-order chi connectivity index (χ0) is 10.6. The minimum Gasteiger partial charge on any atom is -0.504 e. The Hall–Kier alpha value is -1.35. The quantitative estimate of drug-likeness (QED) is 0.638. The number of hydrogen-bond donors (Lipinski definition) is 2. The van der Waals surface area contributed by atoms with Crippen molar-refractivity contribution in [2.45, 2.75) is 0 Å². The fraction of sp³-hybridized carbons (Fsp3) is 0.100. The first kappa shape index (κ1) is 13.7. The van der Waals surface area contributed by atoms with Crippen molar-refractivity contribution in [2.75, 3.05) is 7.11 Å². The molecule has 0 radical (unpaired) electrons. The predicted octanol–water partition coefficient (Wildman–Crippen LogP) is 1.50. The molecule has 2 N–H and O–H groups in total. The van der Waals surface area contributed by atoms with Crippen LogP contribution in [0.2, 0.25) is 0 Å². The Labute approximate surface area is 99.9 Å². The molecular formula is C10H10O4Zn. The Kier molecular flexibility index (Phi) is 5.64. The molecule has 4 nitrogen and oxygen atoms in total. The molecule has 0 heterocycles. The van der Waals surface area contributed by atoms with E-state index in [0.29, 0.717) is 11.3 Å². The third-order valence-electron chi connectivity index (χ3n) is 1.62. The summed E-state index contributed by atoms with van der Waals surface area (Å²) in [6.45, 7) is 0. The van der Waals surface area contributed by atoms with E-state index in [1.54, 1.807) is 12.1 Å². The van der Waals surface area contributed by atoms with Crippen LogP contribution >= 0.6 is 0 Å². The van der Waals surface area contributed by atoms with Gasteiger partial charge in [0.15, 0.2) is 11.5 Å². The van der Waals surface area contributed by atoms with Gasteiger partial charge in [0.2, 0.25) is 0 Å². The SMILES string of the molecule is COc1cc(C=CC(=O)O)ccc1O.[Zn]. The van der Waals surface area contributed by atoms with Crippen LogP contribution in [0.15, 0.2) is 24.3 Å². The van der Waals surface area contributed by atoms with Crippen LogP contribution in [0.25, 0.3) is 6.08 Å². The number of benzene rings is 1. The summed E-state index contributed by atoms with van der Waals surface area (Å²) in [7, 11) is 1.43. The molecule has 15 heavy (non-hydrogen) atoms. The van der Waals surface area contributed by atoms with E-state index in [-0.39, 0.29) is 25.2 Å². The molecule has 0 spiro atoms. The second-order valence-corrected chi connectivity index (χ2v) is 2.60. The number of hydrogen-bond acceptors (Lipinski definition) is 3. The Balaban J connectivity index is 0.00000196. The number of carboxylic acids is 1. The van der Waals surface area contributed by atoms with E-state index in [0.717, 1.165) is 6.08 Å². The molecular weight excluding hydrogens is 249 g/mol. The molecule has 0 aliphatic heterocycles. The maximum absolute atomic E-state index is 10.2. The zero-order valence-corrected chi connectivity index (χ0v) is 11.3. The minimum atomic E-state index is -1.02. The van der Waals surface area contributed by atoms with Gasteiger partial charge < -0.3 is 14.9 Å². The van der Waals surface area contributed by atoms with Crippen molar-refractivity contribution in [3.8, 4) is 11.5 Å². The van der Waals surface area contributed by atoms with Gasteiger partial charge in [-0.2, -0.15) is 0 Å². The molecule has 0 amide bonds. The van der Waals surface area contributed by atoms with E-state index in [1.807, 2.05) is 0 Å². The van der Waals surface area contributed by atoms with Crippen molar-refractivity contribution in [1.82, 2.24) is 0 Å². The van der Waals surface area contributed by atoms with Crippen LogP contribution in [0, 0.1) is 0 Å². The molecule has 0 saturated carbocycles. The van der Waals surface area contributed by atoms with E-state index in [4.69, 9.17) is 9.84 Å². The van der Waals surface area contributed by atoms with Crippen molar-refractivity contribution in [3.05, 3.63) is 29.8 Å². The first-order valence-electron chi connectivity index (χ1n) is 3.91. The number of phenolic OH excluding ortho intramolecular Hbond substituents is 1. The van der Waals surface area contributed by atoms with Crippen LogP contribution in [0.4, 0.5) is 0 Å². The van der Waals surface area contributed by atoms with Gasteiger partial charge in [0, 0.05) is 25.6 Å². The first-order chi connectivity index (χ1) is 6.63. The molecule has 0 aliphatic carbocycles. The predicted molar refractivity (Wildman–Crippen MR) is 51.3 cm³/mol. The van der Waals surface area contributed by atoms with Crippen molar-refractivity contribution in [3.63, 3.8) is 0 Å². The van der Waals surface area contributed by atoms with E-state index in [2.05, 4.69) is 0 Å². The van der Waals surface area contributed by atoms with Crippen LogP contribution in [-0.4, -0.2) is 23.3 Å². The monoisotopic (exact) mass is 258 g/mol.